The molecule has 0 radical (unpaired) electrons. The number of esters is 1. The van der Waals surface area contributed by atoms with Crippen LogP contribution < -0.4 is 10.5 Å². The number of ether oxygens (including phenoxy) is 2. The number of carboxylic acids is 1. The van der Waals surface area contributed by atoms with Crippen LogP contribution in [-0.4, -0.2) is 79.1 Å². The van der Waals surface area contributed by atoms with Crippen molar-refractivity contribution in [2.45, 2.75) is 122 Å². The van der Waals surface area contributed by atoms with Gasteiger partial charge >= 0.3 is 11.9 Å². The van der Waals surface area contributed by atoms with Gasteiger partial charge in [-0.25, -0.2) is 4.21 Å². The van der Waals surface area contributed by atoms with E-state index in [0.717, 1.165) is 25.7 Å². The van der Waals surface area contributed by atoms with Gasteiger partial charge in [-0.2, -0.15) is 0 Å². The maximum Gasteiger partial charge on any atom is 0.306 e. The normalized spacial score (nSPS) is 43.5. The van der Waals surface area contributed by atoms with Crippen LogP contribution in [0, 0.1) is 52.3 Å². The van der Waals surface area contributed by atoms with Crippen LogP contribution in [-0.2, 0) is 53.1 Å². The molecule has 0 aromatic carbocycles. The van der Waals surface area contributed by atoms with Crippen molar-refractivity contribution in [1.82, 2.24) is 0 Å². The Morgan fingerprint density at radius 2 is 1.80 bits per heavy atom. The summed E-state index contributed by atoms with van der Waals surface area (Å²) in [7, 11) is 0. The quantitative estimate of drug-likeness (QED) is 0.0717. The lowest BCUT2D eigenvalue weighted by molar-refractivity contribution is -0.778. The number of aliphatic hydroxyl groups excluding tert-OH is 3. The lowest BCUT2D eigenvalue weighted by atomic mass is 9.42. The van der Waals surface area contributed by atoms with Gasteiger partial charge in [0.1, 0.15) is 17.5 Å². The molecule has 15 atom stereocenters. The molecule has 4 N–H and O–H groups in total. The summed E-state index contributed by atoms with van der Waals surface area (Å²) >= 11 is -2.59. The Kier molecular flexibility index (Phi) is 14.3. The van der Waals surface area contributed by atoms with Gasteiger partial charge in [0.05, 0.1) is 18.6 Å². The molecule has 4 saturated carbocycles. The van der Waals surface area contributed by atoms with Crippen molar-refractivity contribution in [2.75, 3.05) is 6.61 Å². The number of fused-ring (bicyclic) bond motifs is 3. The SMILES string of the molecule is CC(C)CC(=O)OC1[C@H](O)O[C@@H](CO)[C@@H](S(=O)OO[O-])[C@@H]1OSOO[O-].CC1CC(C(=O)O)C2CCC34CC(CCC3C2(C)C1)C(C)[C@@H]4O. The van der Waals surface area contributed by atoms with E-state index in [9.17, 15) is 44.7 Å². The average molecular weight is 743 g/mol. The van der Waals surface area contributed by atoms with E-state index in [4.69, 9.17) is 13.7 Å². The topological polar surface area (TPSA) is 243 Å². The average Bonchev–Trinajstić information content (AvgIpc) is 3.20. The molecule has 1 saturated heterocycles. The molecule has 5 aliphatic rings. The van der Waals surface area contributed by atoms with Crippen LogP contribution in [0.1, 0.15) is 86.0 Å². The summed E-state index contributed by atoms with van der Waals surface area (Å²) in [6.07, 6.45) is 1.29. The number of carbonyl (C=O) groups excluding carboxylic acids is 1. The number of aliphatic hydroxyl groups is 3. The van der Waals surface area contributed by atoms with Crippen LogP contribution in [0.25, 0.3) is 0 Å². The number of carboxylic acid groups (broad SMARTS) is 1. The lowest BCUT2D eigenvalue weighted by Gasteiger charge is -2.62. The minimum Gasteiger partial charge on any atom is -0.691 e. The zero-order chi connectivity index (χ0) is 36.3. The Hall–Kier alpha value is -1.00. The predicted molar refractivity (Wildman–Crippen MR) is 165 cm³/mol. The van der Waals surface area contributed by atoms with Crippen molar-refractivity contribution >= 4 is 35.3 Å². The highest BCUT2D eigenvalue weighted by Crippen LogP contribution is 2.71. The van der Waals surface area contributed by atoms with Gasteiger partial charge in [-0.15, -0.1) is 8.67 Å². The summed E-state index contributed by atoms with van der Waals surface area (Å²) in [4.78, 5) is 23.8. The zero-order valence-corrected chi connectivity index (χ0v) is 30.0. The van der Waals surface area contributed by atoms with E-state index in [2.05, 4.69) is 39.5 Å². The fourth-order valence-corrected chi connectivity index (χ4v) is 11.6. The van der Waals surface area contributed by atoms with Gasteiger partial charge in [0, 0.05) is 11.8 Å². The predicted octanol–water partition coefficient (Wildman–Crippen LogP) is 1.03. The first-order chi connectivity index (χ1) is 23.1. The van der Waals surface area contributed by atoms with Gasteiger partial charge < -0.3 is 40.4 Å². The molecule has 1 heterocycles. The minimum absolute atomic E-state index is 0.0133. The second kappa shape index (κ2) is 17.2. The molecule has 16 nitrogen and oxygen atoms in total. The molecular weight excluding hydrogens is 692 g/mol. The zero-order valence-electron chi connectivity index (χ0n) is 28.4. The first-order valence-electron chi connectivity index (χ1n) is 16.9. The van der Waals surface area contributed by atoms with Crippen LogP contribution in [0.5, 0.6) is 0 Å². The molecule has 0 amide bonds. The third kappa shape index (κ3) is 8.47. The summed E-state index contributed by atoms with van der Waals surface area (Å²) in [5.41, 5.74) is 0.197. The standard InChI is InChI=1S/C20H32O3.C11H20O13S2/c1-11-8-14(18(22)23)15-6-7-20-10-13(12(2)17(20)21)4-5-16(20)19(15,3)9-11;1-5(2)3-7(13)19-9-8(20-25-23-21-15)10(26(17)24-22-16)6(4-12)18-11(9)14/h11-17,21H,4-10H2,1-3H3,(H,22,23);5-6,8-12,14-16H,3-4H2,1-2H3/p-2/t11?,12?,13?,14?,15?,16?,17-,19?,20?;6-,8+,9?,10+,11+,26?/m00/s1. The maximum atomic E-state index is 12.1. The largest absolute Gasteiger partial charge is 0.691 e. The Bertz CT molecular complexity index is 1150. The molecule has 18 heteroatoms. The Morgan fingerprint density at radius 3 is 2.41 bits per heavy atom. The number of hydrogen-bond donors (Lipinski definition) is 4. The number of rotatable bonds is 12. The Morgan fingerprint density at radius 1 is 1.08 bits per heavy atom. The van der Waals surface area contributed by atoms with E-state index in [0.29, 0.717) is 29.6 Å². The highest BCUT2D eigenvalue weighted by atomic mass is 32.2. The Labute approximate surface area is 292 Å². The van der Waals surface area contributed by atoms with Crippen molar-refractivity contribution in [3.05, 3.63) is 0 Å². The summed E-state index contributed by atoms with van der Waals surface area (Å²) in [6, 6.07) is 0. The van der Waals surface area contributed by atoms with Gasteiger partial charge in [0.2, 0.25) is 0 Å². The van der Waals surface area contributed by atoms with Crippen LogP contribution in [0.15, 0.2) is 0 Å². The number of carbonyl (C=O) groups is 2. The molecule has 1 spiro atoms. The third-order valence-corrected chi connectivity index (χ3v) is 13.6. The van der Waals surface area contributed by atoms with Gasteiger partial charge in [0.25, 0.3) is 0 Å². The van der Waals surface area contributed by atoms with E-state index >= 15 is 0 Å². The van der Waals surface area contributed by atoms with Crippen molar-refractivity contribution in [3.8, 4) is 0 Å². The smallest absolute Gasteiger partial charge is 0.306 e. The number of hydrogen-bond acceptors (Lipinski definition) is 16. The molecule has 284 valence electrons. The Balaban J connectivity index is 0.000000222. The molecule has 5 rings (SSSR count). The molecule has 4 aliphatic carbocycles. The number of aliphatic carboxylic acids is 1. The van der Waals surface area contributed by atoms with Crippen LogP contribution in [0.4, 0.5) is 0 Å². The third-order valence-electron chi connectivity index (χ3n) is 12.0. The van der Waals surface area contributed by atoms with E-state index in [-0.39, 0.29) is 47.5 Å². The fourth-order valence-electron chi connectivity index (χ4n) is 10.2. The van der Waals surface area contributed by atoms with Gasteiger partial charge in [-0.3, -0.25) is 23.8 Å². The van der Waals surface area contributed by atoms with Gasteiger partial charge in [-0.1, -0.05) is 34.6 Å². The van der Waals surface area contributed by atoms with E-state index in [1.807, 2.05) is 0 Å². The molecule has 2 bridgehead atoms. The first-order valence-corrected chi connectivity index (χ1v) is 18.7. The van der Waals surface area contributed by atoms with Crippen molar-refractivity contribution in [1.29, 1.82) is 0 Å². The second-order valence-electron chi connectivity index (χ2n) is 15.2. The van der Waals surface area contributed by atoms with E-state index < -0.39 is 59.5 Å². The molecule has 10 unspecified atom stereocenters. The molecule has 0 aromatic heterocycles. The van der Waals surface area contributed by atoms with Crippen molar-refractivity contribution in [2.24, 2.45) is 52.3 Å². The highest BCUT2D eigenvalue weighted by Gasteiger charge is 2.67. The van der Waals surface area contributed by atoms with Crippen molar-refractivity contribution < 1.29 is 77.1 Å². The molecule has 49 heavy (non-hydrogen) atoms. The fraction of sp³-hybridized carbons (Fsp3) is 0.935. The molecule has 5 fully saturated rings. The van der Waals surface area contributed by atoms with Crippen molar-refractivity contribution in [3.63, 3.8) is 0 Å². The lowest BCUT2D eigenvalue weighted by Crippen LogP contribution is -2.61. The first kappa shape index (κ1) is 40.8. The highest BCUT2D eigenvalue weighted by molar-refractivity contribution is 7.89. The van der Waals surface area contributed by atoms with Gasteiger partial charge in [0.15, 0.2) is 35.8 Å². The van der Waals surface area contributed by atoms with Crippen LogP contribution in [0.3, 0.4) is 0 Å². The maximum absolute atomic E-state index is 12.1. The second-order valence-corrected chi connectivity index (χ2v) is 16.9. The minimum atomic E-state index is -2.57. The summed E-state index contributed by atoms with van der Waals surface area (Å²) in [6.45, 7) is 9.58. The van der Waals surface area contributed by atoms with E-state index in [1.54, 1.807) is 13.8 Å². The van der Waals surface area contributed by atoms with Crippen LogP contribution >= 0.6 is 12.3 Å². The monoisotopic (exact) mass is 742 g/mol. The van der Waals surface area contributed by atoms with Crippen LogP contribution in [0.2, 0.25) is 0 Å². The van der Waals surface area contributed by atoms with Gasteiger partial charge in [-0.05, 0) is 85.9 Å². The molecular formula is C31H50O16S2-2. The summed E-state index contributed by atoms with van der Waals surface area (Å²) < 4.78 is 35.1. The molecule has 1 aliphatic heterocycles. The summed E-state index contributed by atoms with van der Waals surface area (Å²) in [5, 5.41) is 64.9. The molecule has 0 aromatic rings. The van der Waals surface area contributed by atoms with E-state index in [1.165, 1.54) is 19.3 Å². The summed E-state index contributed by atoms with van der Waals surface area (Å²) in [5.74, 6) is 0.881.